The molecule has 0 atom stereocenters. The van der Waals surface area contributed by atoms with Crippen molar-refractivity contribution < 1.29 is 9.59 Å². The van der Waals surface area contributed by atoms with Gasteiger partial charge in [0.15, 0.2) is 0 Å². The van der Waals surface area contributed by atoms with E-state index in [9.17, 15) is 9.59 Å². The van der Waals surface area contributed by atoms with E-state index in [4.69, 9.17) is 0 Å². The Labute approximate surface area is 86.1 Å². The summed E-state index contributed by atoms with van der Waals surface area (Å²) in [7, 11) is 0. The maximum atomic E-state index is 11.5. The molecule has 0 aromatic carbocycles. The van der Waals surface area contributed by atoms with Crippen molar-refractivity contribution >= 4 is 11.6 Å². The predicted octanol–water partition coefficient (Wildman–Crippen LogP) is 2.75. The topological polar surface area (TPSA) is 34.1 Å². The predicted molar refractivity (Wildman–Crippen MR) is 56.0 cm³/mol. The van der Waals surface area contributed by atoms with Crippen molar-refractivity contribution in [2.24, 2.45) is 11.3 Å². The Morgan fingerprint density at radius 3 is 2.14 bits per heavy atom. The highest BCUT2D eigenvalue weighted by Crippen LogP contribution is 2.33. The normalized spacial score (nSPS) is 16.8. The smallest absolute Gasteiger partial charge is 0.140 e. The summed E-state index contributed by atoms with van der Waals surface area (Å²) in [5, 5.41) is 0. The Hall–Kier alpha value is -0.660. The van der Waals surface area contributed by atoms with Crippen molar-refractivity contribution in [1.82, 2.24) is 0 Å². The van der Waals surface area contributed by atoms with Gasteiger partial charge in [0.05, 0.1) is 6.42 Å². The van der Waals surface area contributed by atoms with Crippen LogP contribution in [0.1, 0.15) is 52.9 Å². The minimum Gasteiger partial charge on any atom is -0.299 e. The van der Waals surface area contributed by atoms with E-state index in [1.165, 1.54) is 12.8 Å². The molecule has 0 radical (unpaired) electrons. The number of ketones is 2. The first-order chi connectivity index (χ1) is 6.37. The van der Waals surface area contributed by atoms with Gasteiger partial charge in [-0.15, -0.1) is 0 Å². The summed E-state index contributed by atoms with van der Waals surface area (Å²) in [5.41, 5.74) is 0.0109. The molecule has 0 aromatic heterocycles. The molecule has 2 heteroatoms. The van der Waals surface area contributed by atoms with Gasteiger partial charge in [0.25, 0.3) is 0 Å². The van der Waals surface area contributed by atoms with Crippen LogP contribution in [0.25, 0.3) is 0 Å². The second-order valence-corrected chi connectivity index (χ2v) is 5.64. The van der Waals surface area contributed by atoms with Gasteiger partial charge in [-0.05, 0) is 24.2 Å². The Balaban J connectivity index is 2.21. The standard InChI is InChI=1S/C12H20O2/c1-12(2,3)8-11(14)7-10(13)6-9-4-5-9/h9H,4-8H2,1-3H3. The summed E-state index contributed by atoms with van der Waals surface area (Å²) in [4.78, 5) is 22.8. The average Bonchev–Trinajstić information content (AvgIpc) is 2.64. The Morgan fingerprint density at radius 1 is 1.14 bits per heavy atom. The number of Topliss-reactive ketones (excluding diaryl/α,β-unsaturated/α-hetero) is 2. The third kappa shape index (κ3) is 5.15. The number of rotatable bonds is 5. The van der Waals surface area contributed by atoms with Crippen molar-refractivity contribution in [2.45, 2.75) is 52.9 Å². The van der Waals surface area contributed by atoms with Crippen molar-refractivity contribution in [3.8, 4) is 0 Å². The second kappa shape index (κ2) is 4.24. The van der Waals surface area contributed by atoms with Crippen molar-refractivity contribution in [3.05, 3.63) is 0 Å². The fourth-order valence-electron chi connectivity index (χ4n) is 1.59. The van der Waals surface area contributed by atoms with Crippen LogP contribution in [-0.4, -0.2) is 11.6 Å². The molecule has 14 heavy (non-hydrogen) atoms. The molecule has 0 bridgehead atoms. The van der Waals surface area contributed by atoms with E-state index in [0.717, 1.165) is 0 Å². The lowest BCUT2D eigenvalue weighted by Gasteiger charge is -2.16. The highest BCUT2D eigenvalue weighted by molar-refractivity contribution is 5.99. The molecule has 1 saturated carbocycles. The number of hydrogen-bond acceptors (Lipinski definition) is 2. The van der Waals surface area contributed by atoms with Gasteiger partial charge in [0, 0.05) is 12.8 Å². The third-order valence-electron chi connectivity index (χ3n) is 2.34. The number of hydrogen-bond donors (Lipinski definition) is 0. The zero-order valence-electron chi connectivity index (χ0n) is 9.43. The monoisotopic (exact) mass is 196 g/mol. The molecule has 0 aromatic rings. The van der Waals surface area contributed by atoms with Gasteiger partial charge >= 0.3 is 0 Å². The van der Waals surface area contributed by atoms with Gasteiger partial charge in [-0.25, -0.2) is 0 Å². The van der Waals surface area contributed by atoms with Crippen molar-refractivity contribution in [2.75, 3.05) is 0 Å². The van der Waals surface area contributed by atoms with Crippen LogP contribution >= 0.6 is 0 Å². The largest absolute Gasteiger partial charge is 0.299 e. The van der Waals surface area contributed by atoms with Crippen molar-refractivity contribution in [1.29, 1.82) is 0 Å². The molecular formula is C12H20O2. The molecular weight excluding hydrogens is 176 g/mol. The maximum Gasteiger partial charge on any atom is 0.140 e. The van der Waals surface area contributed by atoms with Crippen LogP contribution in [0, 0.1) is 11.3 Å². The van der Waals surface area contributed by atoms with Gasteiger partial charge in [0.2, 0.25) is 0 Å². The summed E-state index contributed by atoms with van der Waals surface area (Å²) in [5.74, 6) is 0.842. The third-order valence-corrected chi connectivity index (χ3v) is 2.34. The summed E-state index contributed by atoms with van der Waals surface area (Å²) in [6.07, 6.45) is 3.67. The fourth-order valence-corrected chi connectivity index (χ4v) is 1.59. The average molecular weight is 196 g/mol. The second-order valence-electron chi connectivity index (χ2n) is 5.64. The Kier molecular flexibility index (Phi) is 3.46. The molecule has 1 aliphatic rings. The molecule has 0 aliphatic heterocycles. The van der Waals surface area contributed by atoms with Gasteiger partial charge in [-0.3, -0.25) is 9.59 Å². The van der Waals surface area contributed by atoms with Crippen LogP contribution < -0.4 is 0 Å². The molecule has 1 fully saturated rings. The van der Waals surface area contributed by atoms with Crippen LogP contribution in [0.2, 0.25) is 0 Å². The minimum absolute atomic E-state index is 0.0109. The lowest BCUT2D eigenvalue weighted by atomic mass is 9.88. The molecule has 0 heterocycles. The maximum absolute atomic E-state index is 11.5. The van der Waals surface area contributed by atoms with Crippen LogP contribution in [0.15, 0.2) is 0 Å². The fraction of sp³-hybridized carbons (Fsp3) is 0.833. The zero-order chi connectivity index (χ0) is 10.8. The molecule has 2 nitrogen and oxygen atoms in total. The summed E-state index contributed by atoms with van der Waals surface area (Å²) >= 11 is 0. The molecule has 0 spiro atoms. The first-order valence-corrected chi connectivity index (χ1v) is 5.40. The summed E-state index contributed by atoms with van der Waals surface area (Å²) < 4.78 is 0. The first kappa shape index (κ1) is 11.4. The Morgan fingerprint density at radius 2 is 1.71 bits per heavy atom. The molecule has 0 amide bonds. The van der Waals surface area contributed by atoms with Gasteiger partial charge in [-0.2, -0.15) is 0 Å². The van der Waals surface area contributed by atoms with Gasteiger partial charge in [0.1, 0.15) is 11.6 Å². The molecule has 1 aliphatic carbocycles. The van der Waals surface area contributed by atoms with Gasteiger partial charge < -0.3 is 0 Å². The van der Waals surface area contributed by atoms with E-state index in [-0.39, 0.29) is 23.4 Å². The van der Waals surface area contributed by atoms with E-state index in [1.807, 2.05) is 20.8 Å². The SMILES string of the molecule is CC(C)(C)CC(=O)CC(=O)CC1CC1. The minimum atomic E-state index is 0.0109. The van der Waals surface area contributed by atoms with Crippen LogP contribution in [-0.2, 0) is 9.59 Å². The van der Waals surface area contributed by atoms with Gasteiger partial charge in [-0.1, -0.05) is 20.8 Å². The molecule has 0 saturated heterocycles. The highest BCUT2D eigenvalue weighted by Gasteiger charge is 2.26. The highest BCUT2D eigenvalue weighted by atomic mass is 16.1. The van der Waals surface area contributed by atoms with Crippen LogP contribution in [0.5, 0.6) is 0 Å². The summed E-state index contributed by atoms with van der Waals surface area (Å²) in [6, 6.07) is 0. The van der Waals surface area contributed by atoms with E-state index >= 15 is 0 Å². The molecule has 0 unspecified atom stereocenters. The van der Waals surface area contributed by atoms with Crippen LogP contribution in [0.3, 0.4) is 0 Å². The number of carbonyl (C=O) groups excluding carboxylic acids is 2. The molecule has 1 rings (SSSR count). The number of carbonyl (C=O) groups is 2. The van der Waals surface area contributed by atoms with Crippen molar-refractivity contribution in [3.63, 3.8) is 0 Å². The van der Waals surface area contributed by atoms with E-state index in [2.05, 4.69) is 0 Å². The van der Waals surface area contributed by atoms with E-state index < -0.39 is 0 Å². The molecule has 0 N–H and O–H groups in total. The summed E-state index contributed by atoms with van der Waals surface area (Å²) in [6.45, 7) is 6.07. The lowest BCUT2D eigenvalue weighted by Crippen LogP contribution is -2.16. The van der Waals surface area contributed by atoms with E-state index in [1.54, 1.807) is 0 Å². The van der Waals surface area contributed by atoms with E-state index in [0.29, 0.717) is 18.8 Å². The molecule has 80 valence electrons. The quantitative estimate of drug-likeness (QED) is 0.633. The Bertz CT molecular complexity index is 231. The lowest BCUT2D eigenvalue weighted by molar-refractivity contribution is -0.128. The zero-order valence-corrected chi connectivity index (χ0v) is 9.43. The van der Waals surface area contributed by atoms with Crippen LogP contribution in [0.4, 0.5) is 0 Å². The first-order valence-electron chi connectivity index (χ1n) is 5.40.